The molecule has 0 heterocycles. The van der Waals surface area contributed by atoms with E-state index in [0.717, 1.165) is 5.56 Å². The van der Waals surface area contributed by atoms with Crippen molar-refractivity contribution < 1.29 is 33.5 Å². The van der Waals surface area contributed by atoms with E-state index in [1.807, 2.05) is 30.3 Å². The van der Waals surface area contributed by atoms with E-state index in [-0.39, 0.29) is 18.1 Å². The number of nitrogens with zero attached hydrogens (tertiary/aromatic N) is 1. The van der Waals surface area contributed by atoms with Crippen LogP contribution < -0.4 is 4.52 Å². The van der Waals surface area contributed by atoms with Crippen molar-refractivity contribution in [3.8, 4) is 11.5 Å². The number of phosphoric acid groups is 1. The first-order valence-electron chi connectivity index (χ1n) is 7.73. The Bertz CT molecular complexity index is 791. The van der Waals surface area contributed by atoms with Gasteiger partial charge in [0.2, 0.25) is 0 Å². The first-order chi connectivity index (χ1) is 12.2. The Balaban J connectivity index is 1.88. The number of rotatable bonds is 7. The van der Waals surface area contributed by atoms with Gasteiger partial charge in [-0.2, -0.15) is 0 Å². The number of hydrogen-bond acceptors (Lipinski definition) is 5. The van der Waals surface area contributed by atoms with Crippen molar-refractivity contribution in [1.82, 2.24) is 4.90 Å². The molecule has 0 aromatic heterocycles. The summed E-state index contributed by atoms with van der Waals surface area (Å²) in [5, 5.41) is 9.59. The average Bonchev–Trinajstić information content (AvgIpc) is 2.59. The van der Waals surface area contributed by atoms with Crippen LogP contribution in [0.4, 0.5) is 4.79 Å². The van der Waals surface area contributed by atoms with E-state index in [2.05, 4.69) is 4.52 Å². The predicted octanol–water partition coefficient (Wildman–Crippen LogP) is 2.67. The Morgan fingerprint density at radius 1 is 1.12 bits per heavy atom. The van der Waals surface area contributed by atoms with Crippen LogP contribution in [0.1, 0.15) is 11.1 Å². The summed E-state index contributed by atoms with van der Waals surface area (Å²) in [4.78, 5) is 31.0. The van der Waals surface area contributed by atoms with Gasteiger partial charge in [0.25, 0.3) is 0 Å². The van der Waals surface area contributed by atoms with Crippen LogP contribution in [-0.4, -0.2) is 39.5 Å². The van der Waals surface area contributed by atoms with Crippen molar-refractivity contribution in [3.63, 3.8) is 0 Å². The Hall–Kier alpha value is -2.54. The van der Waals surface area contributed by atoms with E-state index >= 15 is 0 Å². The second-order valence-corrected chi connectivity index (χ2v) is 6.76. The van der Waals surface area contributed by atoms with Crippen molar-refractivity contribution in [3.05, 3.63) is 59.7 Å². The fourth-order valence-electron chi connectivity index (χ4n) is 2.13. The SMILES string of the molecule is CN(CCc1ccc(O)c(OP(=O)(O)O)c1)C(=O)OCc1ccccc1. The lowest BCUT2D eigenvalue weighted by Crippen LogP contribution is -2.29. The first-order valence-corrected chi connectivity index (χ1v) is 9.26. The van der Waals surface area contributed by atoms with Gasteiger partial charge in [-0.05, 0) is 29.7 Å². The molecule has 1 amide bonds. The zero-order chi connectivity index (χ0) is 19.2. The molecule has 140 valence electrons. The highest BCUT2D eigenvalue weighted by atomic mass is 31.2. The lowest BCUT2D eigenvalue weighted by atomic mass is 10.1. The second-order valence-electron chi connectivity index (χ2n) is 5.60. The van der Waals surface area contributed by atoms with Crippen LogP contribution in [-0.2, 0) is 22.3 Å². The average molecular weight is 381 g/mol. The van der Waals surface area contributed by atoms with E-state index in [9.17, 15) is 14.5 Å². The van der Waals surface area contributed by atoms with Gasteiger partial charge in [-0.15, -0.1) is 0 Å². The molecule has 2 aromatic carbocycles. The highest BCUT2D eigenvalue weighted by Crippen LogP contribution is 2.41. The molecule has 0 radical (unpaired) electrons. The molecule has 0 atom stereocenters. The third-order valence-corrected chi connectivity index (χ3v) is 3.93. The molecular weight excluding hydrogens is 361 g/mol. The van der Waals surface area contributed by atoms with Gasteiger partial charge in [-0.1, -0.05) is 36.4 Å². The van der Waals surface area contributed by atoms with Gasteiger partial charge >= 0.3 is 13.9 Å². The zero-order valence-electron chi connectivity index (χ0n) is 14.1. The molecule has 0 spiro atoms. The maximum Gasteiger partial charge on any atom is 0.524 e. The van der Waals surface area contributed by atoms with Gasteiger partial charge < -0.3 is 19.3 Å². The standard InChI is InChI=1S/C17H20NO7P/c1-18(17(20)24-12-14-5-3-2-4-6-14)10-9-13-7-8-15(19)16(11-13)25-26(21,22)23/h2-8,11,19H,9-10,12H2,1H3,(H2,21,22,23). The molecule has 0 saturated heterocycles. The smallest absolute Gasteiger partial charge is 0.504 e. The molecule has 0 unspecified atom stereocenters. The Labute approximate surface area is 150 Å². The number of hydrogen-bond donors (Lipinski definition) is 3. The number of ether oxygens (including phenoxy) is 1. The highest BCUT2D eigenvalue weighted by molar-refractivity contribution is 7.46. The highest BCUT2D eigenvalue weighted by Gasteiger charge is 2.19. The molecule has 8 nitrogen and oxygen atoms in total. The van der Waals surface area contributed by atoms with Crippen LogP contribution >= 0.6 is 7.82 Å². The van der Waals surface area contributed by atoms with Gasteiger partial charge in [0.05, 0.1) is 0 Å². The van der Waals surface area contributed by atoms with Crippen molar-refractivity contribution in [2.45, 2.75) is 13.0 Å². The first kappa shape index (κ1) is 19.8. The summed E-state index contributed by atoms with van der Waals surface area (Å²) in [7, 11) is -3.19. The minimum absolute atomic E-state index is 0.170. The van der Waals surface area contributed by atoms with Crippen LogP contribution in [0.2, 0.25) is 0 Å². The fourth-order valence-corrected chi connectivity index (χ4v) is 2.54. The molecule has 0 aliphatic rings. The monoisotopic (exact) mass is 381 g/mol. The minimum atomic E-state index is -4.77. The number of phenols is 1. The summed E-state index contributed by atoms with van der Waals surface area (Å²) in [5.41, 5.74) is 1.51. The summed E-state index contributed by atoms with van der Waals surface area (Å²) >= 11 is 0. The largest absolute Gasteiger partial charge is 0.524 e. The number of phosphoric ester groups is 1. The van der Waals surface area contributed by atoms with Crippen LogP contribution in [0.3, 0.4) is 0 Å². The number of amides is 1. The third kappa shape index (κ3) is 6.40. The maximum absolute atomic E-state index is 12.0. The topological polar surface area (TPSA) is 117 Å². The van der Waals surface area contributed by atoms with Crippen molar-refractivity contribution >= 4 is 13.9 Å². The Morgan fingerprint density at radius 2 is 1.81 bits per heavy atom. The Morgan fingerprint density at radius 3 is 2.46 bits per heavy atom. The van der Waals surface area contributed by atoms with Crippen molar-refractivity contribution in [2.24, 2.45) is 0 Å². The van der Waals surface area contributed by atoms with E-state index in [4.69, 9.17) is 14.5 Å². The van der Waals surface area contributed by atoms with Crippen LogP contribution in [0.25, 0.3) is 0 Å². The predicted molar refractivity (Wildman–Crippen MR) is 93.7 cm³/mol. The van der Waals surface area contributed by atoms with Gasteiger partial charge in [-0.25, -0.2) is 9.36 Å². The molecular formula is C17H20NO7P. The molecule has 0 fully saturated rings. The zero-order valence-corrected chi connectivity index (χ0v) is 15.0. The molecule has 0 aliphatic heterocycles. The van der Waals surface area contributed by atoms with Crippen LogP contribution in [0, 0.1) is 0 Å². The summed E-state index contributed by atoms with van der Waals surface area (Å²) < 4.78 is 20.5. The van der Waals surface area contributed by atoms with Gasteiger partial charge in [0.1, 0.15) is 6.61 Å². The molecule has 2 aromatic rings. The van der Waals surface area contributed by atoms with Crippen molar-refractivity contribution in [2.75, 3.05) is 13.6 Å². The number of benzene rings is 2. The minimum Gasteiger partial charge on any atom is -0.504 e. The molecule has 3 N–H and O–H groups in total. The molecule has 0 saturated carbocycles. The number of carbonyl (C=O) groups excluding carboxylic acids is 1. The number of carbonyl (C=O) groups is 1. The third-order valence-electron chi connectivity index (χ3n) is 3.49. The van der Waals surface area contributed by atoms with Crippen molar-refractivity contribution in [1.29, 1.82) is 0 Å². The summed E-state index contributed by atoms with van der Waals surface area (Å²) in [6.45, 7) is 0.483. The summed E-state index contributed by atoms with van der Waals surface area (Å²) in [6, 6.07) is 13.5. The Kier molecular flexibility index (Phi) is 6.63. The summed E-state index contributed by atoms with van der Waals surface area (Å²) in [6.07, 6.45) is -0.103. The van der Waals surface area contributed by atoms with E-state index in [1.165, 1.54) is 17.0 Å². The van der Waals surface area contributed by atoms with E-state index in [1.54, 1.807) is 13.1 Å². The van der Waals surface area contributed by atoms with Crippen LogP contribution in [0.5, 0.6) is 11.5 Å². The van der Waals surface area contributed by atoms with Gasteiger partial charge in [0.15, 0.2) is 11.5 Å². The summed E-state index contributed by atoms with van der Waals surface area (Å²) in [5.74, 6) is -0.696. The number of phenolic OH excluding ortho intramolecular Hbond substituents is 1. The van der Waals surface area contributed by atoms with E-state index in [0.29, 0.717) is 18.5 Å². The van der Waals surface area contributed by atoms with Gasteiger partial charge in [0, 0.05) is 13.6 Å². The molecule has 0 aliphatic carbocycles. The molecule has 2 rings (SSSR count). The normalized spacial score (nSPS) is 11.0. The number of aromatic hydroxyl groups is 1. The van der Waals surface area contributed by atoms with E-state index < -0.39 is 13.9 Å². The molecule has 26 heavy (non-hydrogen) atoms. The maximum atomic E-state index is 12.0. The molecule has 9 heteroatoms. The lowest BCUT2D eigenvalue weighted by Gasteiger charge is -2.17. The second kappa shape index (κ2) is 8.71. The molecule has 0 bridgehead atoms. The quantitative estimate of drug-likeness (QED) is 0.631. The van der Waals surface area contributed by atoms with Crippen LogP contribution in [0.15, 0.2) is 48.5 Å². The lowest BCUT2D eigenvalue weighted by molar-refractivity contribution is 0.105. The van der Waals surface area contributed by atoms with Gasteiger partial charge in [-0.3, -0.25) is 9.79 Å². The number of likely N-dealkylation sites (N-methyl/N-ethyl adjacent to an activating group) is 1. The fraction of sp³-hybridized carbons (Fsp3) is 0.235.